The van der Waals surface area contributed by atoms with Crippen molar-refractivity contribution < 1.29 is 23.8 Å². The van der Waals surface area contributed by atoms with Gasteiger partial charge >= 0.3 is 12.1 Å². The number of carbonyl (C=O) groups excluding carboxylic acids is 2. The molecule has 1 unspecified atom stereocenters. The summed E-state index contributed by atoms with van der Waals surface area (Å²) in [4.78, 5) is 24.1. The van der Waals surface area contributed by atoms with Crippen molar-refractivity contribution in [2.45, 2.75) is 11.0 Å². The number of nitrogens with two attached hydrogens (primary N) is 1. The molecule has 7 nitrogen and oxygen atoms in total. The van der Waals surface area contributed by atoms with Crippen LogP contribution in [0.4, 0.5) is 10.5 Å². The molecule has 160 valence electrons. The van der Waals surface area contributed by atoms with Crippen LogP contribution < -0.4 is 15.8 Å². The van der Waals surface area contributed by atoms with Gasteiger partial charge in [0.25, 0.3) is 0 Å². The van der Waals surface area contributed by atoms with Gasteiger partial charge in [0.15, 0.2) is 0 Å². The van der Waals surface area contributed by atoms with Crippen molar-refractivity contribution in [1.82, 2.24) is 5.32 Å². The lowest BCUT2D eigenvalue weighted by atomic mass is 10.3. The number of carbonyl (C=O) groups is 2. The molecule has 0 heterocycles. The first kappa shape index (κ1) is 23.4. The van der Waals surface area contributed by atoms with E-state index in [1.54, 1.807) is 36.4 Å². The summed E-state index contributed by atoms with van der Waals surface area (Å²) in [5.74, 6) is 0.528. The summed E-state index contributed by atoms with van der Waals surface area (Å²) in [6.45, 7) is 3.59. The second-order valence-corrected chi connectivity index (χ2v) is 7.50. The van der Waals surface area contributed by atoms with Crippen molar-refractivity contribution in [3.63, 3.8) is 0 Å². The quantitative estimate of drug-likeness (QED) is 0.176. The van der Waals surface area contributed by atoms with Gasteiger partial charge in [-0.05, 0) is 48.5 Å². The third-order valence-electron chi connectivity index (χ3n) is 3.62. The van der Waals surface area contributed by atoms with Crippen LogP contribution >= 0.6 is 23.4 Å². The number of halogens is 1. The molecule has 0 fully saturated rings. The van der Waals surface area contributed by atoms with E-state index in [2.05, 4.69) is 11.9 Å². The van der Waals surface area contributed by atoms with Gasteiger partial charge in [0.2, 0.25) is 0 Å². The molecular weight excluding hydrogens is 428 g/mol. The van der Waals surface area contributed by atoms with E-state index in [9.17, 15) is 9.59 Å². The average molecular weight is 451 g/mol. The van der Waals surface area contributed by atoms with Crippen molar-refractivity contribution in [3.05, 3.63) is 66.2 Å². The Morgan fingerprint density at radius 1 is 1.17 bits per heavy atom. The van der Waals surface area contributed by atoms with Gasteiger partial charge in [-0.3, -0.25) is 0 Å². The van der Waals surface area contributed by atoms with Crippen LogP contribution in [0.2, 0.25) is 5.02 Å². The van der Waals surface area contributed by atoms with E-state index < -0.39 is 18.2 Å². The summed E-state index contributed by atoms with van der Waals surface area (Å²) in [5, 5.41) is 3.18. The zero-order valence-electron chi connectivity index (χ0n) is 16.2. The van der Waals surface area contributed by atoms with E-state index in [1.807, 2.05) is 12.1 Å². The Balaban J connectivity index is 1.87. The Kier molecular flexibility index (Phi) is 9.90. The Bertz CT molecular complexity index is 781. The van der Waals surface area contributed by atoms with Gasteiger partial charge < -0.3 is 25.3 Å². The van der Waals surface area contributed by atoms with Crippen LogP contribution in [0.3, 0.4) is 0 Å². The van der Waals surface area contributed by atoms with Crippen molar-refractivity contribution in [3.8, 4) is 5.75 Å². The molecule has 1 atom stereocenters. The highest BCUT2D eigenvalue weighted by molar-refractivity contribution is 7.99. The third kappa shape index (κ3) is 9.11. The molecule has 0 radical (unpaired) electrons. The highest BCUT2D eigenvalue weighted by Crippen LogP contribution is 2.22. The Labute approximate surface area is 184 Å². The standard InChI is InChI=1S/C21H23ClN2O5S/c1-2-20(25)27-12-11-24-21(26)29-18(13-28-17-7-5-16(23)6-8-17)14-30-19-9-3-15(22)4-10-19/h2-10,18H,1,11-14,23H2,(H,24,26). The molecule has 1 amide bonds. The molecule has 2 aromatic carbocycles. The fourth-order valence-corrected chi connectivity index (χ4v) is 3.14. The van der Waals surface area contributed by atoms with Crippen LogP contribution in [0.15, 0.2) is 66.1 Å². The van der Waals surface area contributed by atoms with Crippen LogP contribution in [0.5, 0.6) is 5.75 Å². The fourth-order valence-electron chi connectivity index (χ4n) is 2.15. The molecule has 2 rings (SSSR count). The molecule has 0 spiro atoms. The zero-order valence-corrected chi connectivity index (χ0v) is 17.8. The molecule has 2 aromatic rings. The normalized spacial score (nSPS) is 11.2. The van der Waals surface area contributed by atoms with E-state index in [0.29, 0.717) is 22.2 Å². The van der Waals surface area contributed by atoms with Crippen LogP contribution in [0.25, 0.3) is 0 Å². The molecule has 0 aromatic heterocycles. The number of hydrogen-bond donors (Lipinski definition) is 2. The molecule has 0 aliphatic heterocycles. The number of esters is 1. The van der Waals surface area contributed by atoms with E-state index in [1.165, 1.54) is 11.8 Å². The lowest BCUT2D eigenvalue weighted by Gasteiger charge is -2.19. The number of thioether (sulfide) groups is 1. The maximum absolute atomic E-state index is 12.1. The molecule has 30 heavy (non-hydrogen) atoms. The first-order valence-electron chi connectivity index (χ1n) is 9.06. The largest absolute Gasteiger partial charge is 0.490 e. The van der Waals surface area contributed by atoms with Gasteiger partial charge in [-0.1, -0.05) is 18.2 Å². The van der Waals surface area contributed by atoms with E-state index in [0.717, 1.165) is 11.0 Å². The number of rotatable bonds is 11. The molecule has 0 aliphatic carbocycles. The van der Waals surface area contributed by atoms with E-state index in [-0.39, 0.29) is 19.8 Å². The molecule has 3 N–H and O–H groups in total. The third-order valence-corrected chi connectivity index (χ3v) is 5.02. The second kappa shape index (κ2) is 12.7. The van der Waals surface area contributed by atoms with E-state index >= 15 is 0 Å². The SMILES string of the molecule is C=CC(=O)OCCNC(=O)OC(COc1ccc(N)cc1)CSc1ccc(Cl)cc1. The predicted molar refractivity (Wildman–Crippen MR) is 118 cm³/mol. The van der Waals surface area contributed by atoms with Gasteiger partial charge in [0.05, 0.1) is 6.54 Å². The highest BCUT2D eigenvalue weighted by atomic mass is 35.5. The summed E-state index contributed by atoms with van der Waals surface area (Å²) in [6.07, 6.45) is -0.108. The average Bonchev–Trinajstić information content (AvgIpc) is 2.75. The number of hydrogen-bond acceptors (Lipinski definition) is 7. The lowest BCUT2D eigenvalue weighted by Crippen LogP contribution is -2.35. The number of anilines is 1. The van der Waals surface area contributed by atoms with Crippen LogP contribution in [-0.4, -0.2) is 43.7 Å². The summed E-state index contributed by atoms with van der Waals surface area (Å²) in [7, 11) is 0. The maximum atomic E-state index is 12.1. The maximum Gasteiger partial charge on any atom is 0.407 e. The number of benzene rings is 2. The summed E-state index contributed by atoms with van der Waals surface area (Å²) >= 11 is 7.42. The number of ether oxygens (including phenoxy) is 3. The molecule has 9 heteroatoms. The predicted octanol–water partition coefficient (Wildman–Crippen LogP) is 3.92. The fraction of sp³-hybridized carbons (Fsp3) is 0.238. The zero-order chi connectivity index (χ0) is 21.8. The first-order chi connectivity index (χ1) is 14.5. The van der Waals surface area contributed by atoms with Crippen molar-refractivity contribution in [2.75, 3.05) is 31.2 Å². The molecule has 0 saturated carbocycles. The lowest BCUT2D eigenvalue weighted by molar-refractivity contribution is -0.137. The minimum absolute atomic E-state index is 0.0199. The second-order valence-electron chi connectivity index (χ2n) is 5.97. The number of amides is 1. The van der Waals surface area contributed by atoms with Gasteiger partial charge in [-0.25, -0.2) is 9.59 Å². The number of nitrogen functional groups attached to an aromatic ring is 1. The number of nitrogens with one attached hydrogen (secondary N) is 1. The monoisotopic (exact) mass is 450 g/mol. The van der Waals surface area contributed by atoms with Gasteiger partial charge in [-0.2, -0.15) is 0 Å². The first-order valence-corrected chi connectivity index (χ1v) is 10.4. The molecule has 0 aliphatic rings. The Morgan fingerprint density at radius 2 is 1.87 bits per heavy atom. The van der Waals surface area contributed by atoms with Crippen molar-refractivity contribution in [1.29, 1.82) is 0 Å². The van der Waals surface area contributed by atoms with Crippen molar-refractivity contribution >= 4 is 41.1 Å². The van der Waals surface area contributed by atoms with Crippen LogP contribution in [0.1, 0.15) is 0 Å². The molecular formula is C21H23ClN2O5S. The summed E-state index contributed by atoms with van der Waals surface area (Å²) in [5.41, 5.74) is 6.30. The van der Waals surface area contributed by atoms with Gasteiger partial charge in [-0.15, -0.1) is 11.8 Å². The topological polar surface area (TPSA) is 99.9 Å². The minimum Gasteiger partial charge on any atom is -0.490 e. The Morgan fingerprint density at radius 3 is 2.53 bits per heavy atom. The van der Waals surface area contributed by atoms with Crippen LogP contribution in [0, 0.1) is 0 Å². The number of alkyl carbamates (subject to hydrolysis) is 1. The van der Waals surface area contributed by atoms with Crippen LogP contribution in [-0.2, 0) is 14.3 Å². The Hall–Kier alpha value is -2.84. The minimum atomic E-state index is -0.632. The van der Waals surface area contributed by atoms with E-state index in [4.69, 9.17) is 31.5 Å². The molecule has 0 saturated heterocycles. The summed E-state index contributed by atoms with van der Waals surface area (Å²) in [6, 6.07) is 14.3. The summed E-state index contributed by atoms with van der Waals surface area (Å²) < 4.78 is 16.0. The molecule has 0 bridgehead atoms. The smallest absolute Gasteiger partial charge is 0.407 e. The van der Waals surface area contributed by atoms with Gasteiger partial charge in [0.1, 0.15) is 25.1 Å². The van der Waals surface area contributed by atoms with Crippen molar-refractivity contribution in [2.24, 2.45) is 0 Å². The highest BCUT2D eigenvalue weighted by Gasteiger charge is 2.16. The van der Waals surface area contributed by atoms with Gasteiger partial charge in [0, 0.05) is 27.4 Å².